The normalized spacial score (nSPS) is 19.0. The lowest BCUT2D eigenvalue weighted by atomic mass is 9.79. The molecule has 0 unspecified atom stereocenters. The molecule has 2 aliphatic rings. The van der Waals surface area contributed by atoms with Gasteiger partial charge < -0.3 is 15.8 Å². The number of primary amides is 1. The first-order valence-corrected chi connectivity index (χ1v) is 10.2. The molecular weight excluding hydrogens is 342 g/mol. The molecule has 1 aromatic carbocycles. The van der Waals surface area contributed by atoms with Crippen LogP contribution in [0.3, 0.4) is 0 Å². The summed E-state index contributed by atoms with van der Waals surface area (Å²) in [5.41, 5.74) is 7.58. The average molecular weight is 373 g/mol. The Morgan fingerprint density at radius 3 is 2.52 bits per heavy atom. The zero-order valence-electron chi connectivity index (χ0n) is 16.0. The predicted molar refractivity (Wildman–Crippen MR) is 105 cm³/mol. The van der Waals surface area contributed by atoms with E-state index in [9.17, 15) is 9.59 Å². The standard InChI is InChI=1S/C21H31N3O3/c22-20(25)17-8-4-9-18(19(17)16-6-2-1-3-7-16)21(26)23-10-5-11-24-12-14-27-15-13-24/h4,8-9,16H,1-3,5-7,10-15H2,(H2,22,25)(H,23,26). The van der Waals surface area contributed by atoms with Crippen LogP contribution in [-0.4, -0.2) is 56.1 Å². The van der Waals surface area contributed by atoms with Crippen LogP contribution in [0.1, 0.15) is 70.7 Å². The van der Waals surface area contributed by atoms with Gasteiger partial charge in [-0.2, -0.15) is 0 Å². The molecule has 6 heteroatoms. The smallest absolute Gasteiger partial charge is 0.251 e. The van der Waals surface area contributed by atoms with Crippen LogP contribution >= 0.6 is 0 Å². The molecule has 1 saturated heterocycles. The Kier molecular flexibility index (Phi) is 7.24. The maximum atomic E-state index is 12.8. The Labute approximate surface area is 161 Å². The molecule has 1 aromatic rings. The lowest BCUT2D eigenvalue weighted by Gasteiger charge is -2.27. The van der Waals surface area contributed by atoms with Crippen molar-refractivity contribution < 1.29 is 14.3 Å². The zero-order chi connectivity index (χ0) is 19.1. The Hall–Kier alpha value is -1.92. The highest BCUT2D eigenvalue weighted by Crippen LogP contribution is 2.36. The molecule has 3 rings (SSSR count). The van der Waals surface area contributed by atoms with Crippen molar-refractivity contribution in [2.45, 2.75) is 44.4 Å². The molecule has 0 aromatic heterocycles. The molecule has 1 heterocycles. The van der Waals surface area contributed by atoms with Crippen molar-refractivity contribution in [2.24, 2.45) is 5.73 Å². The summed E-state index contributed by atoms with van der Waals surface area (Å²) < 4.78 is 5.35. The fourth-order valence-corrected chi connectivity index (χ4v) is 4.23. The third kappa shape index (κ3) is 5.30. The summed E-state index contributed by atoms with van der Waals surface area (Å²) in [6.45, 7) is 5.08. The van der Waals surface area contributed by atoms with E-state index in [1.807, 2.05) is 6.07 Å². The Bertz CT molecular complexity index is 650. The Balaban J connectivity index is 1.64. The fraction of sp³-hybridized carbons (Fsp3) is 0.619. The van der Waals surface area contributed by atoms with Crippen LogP contribution in [0.15, 0.2) is 18.2 Å². The third-order valence-electron chi connectivity index (χ3n) is 5.67. The van der Waals surface area contributed by atoms with Crippen LogP contribution in [0.5, 0.6) is 0 Å². The summed E-state index contributed by atoms with van der Waals surface area (Å²) in [4.78, 5) is 27.1. The Morgan fingerprint density at radius 1 is 1.11 bits per heavy atom. The zero-order valence-corrected chi connectivity index (χ0v) is 16.0. The first-order valence-electron chi connectivity index (χ1n) is 10.2. The number of ether oxygens (including phenoxy) is 1. The molecule has 27 heavy (non-hydrogen) atoms. The molecule has 148 valence electrons. The van der Waals surface area contributed by atoms with Gasteiger partial charge in [0.15, 0.2) is 0 Å². The molecule has 1 aliphatic carbocycles. The number of hydrogen-bond donors (Lipinski definition) is 2. The van der Waals surface area contributed by atoms with E-state index in [0.29, 0.717) is 17.7 Å². The van der Waals surface area contributed by atoms with Crippen molar-refractivity contribution in [1.82, 2.24) is 10.2 Å². The summed E-state index contributed by atoms with van der Waals surface area (Å²) in [5, 5.41) is 3.04. The van der Waals surface area contributed by atoms with Crippen LogP contribution in [-0.2, 0) is 4.74 Å². The van der Waals surface area contributed by atoms with E-state index in [0.717, 1.165) is 70.5 Å². The molecule has 1 aliphatic heterocycles. The van der Waals surface area contributed by atoms with E-state index in [2.05, 4.69) is 10.2 Å². The second-order valence-corrected chi connectivity index (χ2v) is 7.53. The minimum Gasteiger partial charge on any atom is -0.379 e. The highest BCUT2D eigenvalue weighted by molar-refractivity contribution is 6.01. The molecule has 3 N–H and O–H groups in total. The fourth-order valence-electron chi connectivity index (χ4n) is 4.23. The van der Waals surface area contributed by atoms with Gasteiger partial charge in [0.1, 0.15) is 0 Å². The van der Waals surface area contributed by atoms with Crippen molar-refractivity contribution in [3.8, 4) is 0 Å². The van der Waals surface area contributed by atoms with Gasteiger partial charge in [-0.1, -0.05) is 25.3 Å². The summed E-state index contributed by atoms with van der Waals surface area (Å²) in [7, 11) is 0. The van der Waals surface area contributed by atoms with Gasteiger partial charge in [0.25, 0.3) is 5.91 Å². The van der Waals surface area contributed by atoms with Crippen LogP contribution in [0.25, 0.3) is 0 Å². The second-order valence-electron chi connectivity index (χ2n) is 7.53. The Morgan fingerprint density at radius 2 is 1.81 bits per heavy atom. The van der Waals surface area contributed by atoms with E-state index in [-0.39, 0.29) is 11.8 Å². The number of nitrogens with one attached hydrogen (secondary N) is 1. The molecule has 0 atom stereocenters. The van der Waals surface area contributed by atoms with E-state index in [1.165, 1.54) is 6.42 Å². The number of benzene rings is 1. The maximum Gasteiger partial charge on any atom is 0.251 e. The van der Waals surface area contributed by atoms with Gasteiger partial charge >= 0.3 is 0 Å². The van der Waals surface area contributed by atoms with Crippen molar-refractivity contribution in [3.05, 3.63) is 34.9 Å². The molecule has 1 saturated carbocycles. The second kappa shape index (κ2) is 9.85. The number of amides is 2. The van der Waals surface area contributed by atoms with E-state index < -0.39 is 5.91 Å². The van der Waals surface area contributed by atoms with Crippen molar-refractivity contribution in [2.75, 3.05) is 39.4 Å². The van der Waals surface area contributed by atoms with Crippen molar-refractivity contribution in [3.63, 3.8) is 0 Å². The molecule has 0 spiro atoms. The van der Waals surface area contributed by atoms with Gasteiger partial charge in [0, 0.05) is 30.8 Å². The average Bonchev–Trinajstić information content (AvgIpc) is 2.72. The first kappa shape index (κ1) is 19.8. The molecule has 2 fully saturated rings. The number of carbonyl (C=O) groups is 2. The number of nitrogens with two attached hydrogens (primary N) is 1. The van der Waals surface area contributed by atoms with Crippen LogP contribution in [0, 0.1) is 0 Å². The van der Waals surface area contributed by atoms with Crippen molar-refractivity contribution >= 4 is 11.8 Å². The number of hydrogen-bond acceptors (Lipinski definition) is 4. The number of rotatable bonds is 7. The van der Waals surface area contributed by atoms with E-state index >= 15 is 0 Å². The van der Waals surface area contributed by atoms with Gasteiger partial charge in [-0.05, 0) is 49.4 Å². The molecule has 6 nitrogen and oxygen atoms in total. The number of carbonyl (C=O) groups excluding carboxylic acids is 2. The molecule has 0 radical (unpaired) electrons. The van der Waals surface area contributed by atoms with E-state index in [1.54, 1.807) is 12.1 Å². The first-order chi connectivity index (χ1) is 13.2. The third-order valence-corrected chi connectivity index (χ3v) is 5.67. The van der Waals surface area contributed by atoms with Gasteiger partial charge in [-0.25, -0.2) is 0 Å². The number of morpholine rings is 1. The SMILES string of the molecule is NC(=O)c1cccc(C(=O)NCCCN2CCOCC2)c1C1CCCCC1. The monoisotopic (exact) mass is 373 g/mol. The minimum absolute atomic E-state index is 0.0966. The van der Waals surface area contributed by atoms with Crippen LogP contribution in [0.2, 0.25) is 0 Å². The number of nitrogens with zero attached hydrogens (tertiary/aromatic N) is 1. The maximum absolute atomic E-state index is 12.8. The summed E-state index contributed by atoms with van der Waals surface area (Å²) in [5.74, 6) is -0.297. The highest BCUT2D eigenvalue weighted by Gasteiger charge is 2.26. The quantitative estimate of drug-likeness (QED) is 0.718. The van der Waals surface area contributed by atoms with Gasteiger partial charge in [0.05, 0.1) is 13.2 Å². The largest absolute Gasteiger partial charge is 0.379 e. The molecule has 0 bridgehead atoms. The molecular formula is C21H31N3O3. The lowest BCUT2D eigenvalue weighted by molar-refractivity contribution is 0.0374. The highest BCUT2D eigenvalue weighted by atomic mass is 16.5. The summed E-state index contributed by atoms with van der Waals surface area (Å²) in [6.07, 6.45) is 6.43. The lowest BCUT2D eigenvalue weighted by Crippen LogP contribution is -2.38. The molecule has 2 amide bonds. The van der Waals surface area contributed by atoms with E-state index in [4.69, 9.17) is 10.5 Å². The van der Waals surface area contributed by atoms with Crippen LogP contribution < -0.4 is 11.1 Å². The van der Waals surface area contributed by atoms with Gasteiger partial charge in [-0.3, -0.25) is 14.5 Å². The minimum atomic E-state index is -0.447. The summed E-state index contributed by atoms with van der Waals surface area (Å²) in [6, 6.07) is 5.34. The topological polar surface area (TPSA) is 84.7 Å². The van der Waals surface area contributed by atoms with Crippen molar-refractivity contribution in [1.29, 1.82) is 0 Å². The van der Waals surface area contributed by atoms with Gasteiger partial charge in [-0.15, -0.1) is 0 Å². The van der Waals surface area contributed by atoms with Crippen LogP contribution in [0.4, 0.5) is 0 Å². The van der Waals surface area contributed by atoms with Gasteiger partial charge in [0.2, 0.25) is 5.91 Å². The summed E-state index contributed by atoms with van der Waals surface area (Å²) >= 11 is 0. The predicted octanol–water partition coefficient (Wildman–Crippen LogP) is 2.29.